The van der Waals surface area contributed by atoms with Crippen LogP contribution < -0.4 is 5.73 Å². The SMILES string of the molecule is C.C[C@H](c1ccccc1)N1CC[C@@H]2CC[C@@H](Br)[C@@H]21.C[C@H](c1ccccc1)N1CC[C@H]2CC[C@H](Br)[C@H]21.C[C@H](c1ccccc1)N1CC[C@H]2CC[C@H](N)[C@H]21. The number of fused-ring (bicyclic) bond motifs is 3. The van der Waals surface area contributed by atoms with E-state index in [2.05, 4.69) is 158 Å². The second kappa shape index (κ2) is 18.4. The molecule has 3 saturated carbocycles. The van der Waals surface area contributed by atoms with Gasteiger partial charge in [0, 0.05) is 51.9 Å². The summed E-state index contributed by atoms with van der Waals surface area (Å²) >= 11 is 7.77. The molecule has 6 aliphatic rings. The topological polar surface area (TPSA) is 35.7 Å². The summed E-state index contributed by atoms with van der Waals surface area (Å²) in [6.07, 6.45) is 12.2. The van der Waals surface area contributed by atoms with Gasteiger partial charge in [0.25, 0.3) is 0 Å². The van der Waals surface area contributed by atoms with Crippen molar-refractivity contribution in [3.63, 3.8) is 0 Å². The van der Waals surface area contributed by atoms with Gasteiger partial charge in [0.2, 0.25) is 0 Å². The van der Waals surface area contributed by atoms with Crippen molar-refractivity contribution in [2.75, 3.05) is 19.6 Å². The van der Waals surface area contributed by atoms with Gasteiger partial charge in [-0.05, 0) is 133 Å². The van der Waals surface area contributed by atoms with E-state index < -0.39 is 0 Å². The number of hydrogen-bond acceptors (Lipinski definition) is 4. The summed E-state index contributed by atoms with van der Waals surface area (Å²) in [6.45, 7) is 10.8. The van der Waals surface area contributed by atoms with Crippen LogP contribution in [0, 0.1) is 17.8 Å². The molecule has 6 heteroatoms. The van der Waals surface area contributed by atoms with Crippen LogP contribution in [0.1, 0.15) is 121 Å². The molecule has 3 saturated heterocycles. The van der Waals surface area contributed by atoms with E-state index in [1.807, 2.05) is 0 Å². The monoisotopic (exact) mass is 832 g/mol. The average molecular weight is 835 g/mol. The first-order valence-corrected chi connectivity index (χ1v) is 22.1. The van der Waals surface area contributed by atoms with E-state index >= 15 is 0 Å². The zero-order valence-corrected chi connectivity index (χ0v) is 34.4. The summed E-state index contributed by atoms with van der Waals surface area (Å²) in [6, 6.07) is 36.9. The Kier molecular flexibility index (Phi) is 14.2. The number of benzene rings is 3. The highest BCUT2D eigenvalue weighted by Crippen LogP contribution is 2.46. The molecule has 3 aromatic carbocycles. The molecule has 0 aromatic heterocycles. The third kappa shape index (κ3) is 8.63. The van der Waals surface area contributed by atoms with Crippen LogP contribution in [0.2, 0.25) is 0 Å². The first-order valence-electron chi connectivity index (χ1n) is 20.3. The van der Waals surface area contributed by atoms with Gasteiger partial charge in [-0.15, -0.1) is 0 Å². The lowest BCUT2D eigenvalue weighted by Crippen LogP contribution is -2.43. The summed E-state index contributed by atoms with van der Waals surface area (Å²) in [5, 5.41) is 0. The summed E-state index contributed by atoms with van der Waals surface area (Å²) in [5.74, 6) is 2.73. The number of nitrogens with two attached hydrogens (primary N) is 1. The van der Waals surface area contributed by atoms with Crippen molar-refractivity contribution >= 4 is 31.9 Å². The molecule has 4 nitrogen and oxygen atoms in total. The number of rotatable bonds is 6. The van der Waals surface area contributed by atoms with Crippen molar-refractivity contribution in [2.24, 2.45) is 23.5 Å². The average Bonchev–Trinajstić information content (AvgIpc) is 4.03. The molecule has 0 amide bonds. The van der Waals surface area contributed by atoms with Gasteiger partial charge in [-0.2, -0.15) is 0 Å². The van der Waals surface area contributed by atoms with Crippen LogP contribution in [0.25, 0.3) is 0 Å². The van der Waals surface area contributed by atoms with E-state index in [1.165, 1.54) is 94.1 Å². The number of nitrogens with zero attached hydrogens (tertiary/aromatic N) is 3. The minimum atomic E-state index is 0. The molecule has 12 atom stereocenters. The van der Waals surface area contributed by atoms with Gasteiger partial charge >= 0.3 is 0 Å². The van der Waals surface area contributed by atoms with Crippen LogP contribution in [0.15, 0.2) is 91.0 Å². The van der Waals surface area contributed by atoms with Crippen molar-refractivity contribution in [1.29, 1.82) is 0 Å². The molecule has 0 spiro atoms. The Balaban J connectivity index is 0.000000133. The predicted octanol–water partition coefficient (Wildman–Crippen LogP) is 11.2. The van der Waals surface area contributed by atoms with Gasteiger partial charge < -0.3 is 5.73 Å². The molecular formula is C46H66Br2N4. The van der Waals surface area contributed by atoms with E-state index in [4.69, 9.17) is 5.73 Å². The van der Waals surface area contributed by atoms with E-state index in [0.717, 1.165) is 29.8 Å². The third-order valence-corrected chi connectivity index (χ3v) is 15.9. The highest BCUT2D eigenvalue weighted by atomic mass is 79.9. The third-order valence-electron chi connectivity index (χ3n) is 13.9. The molecule has 284 valence electrons. The van der Waals surface area contributed by atoms with Crippen molar-refractivity contribution in [3.8, 4) is 0 Å². The Morgan fingerprint density at radius 1 is 0.462 bits per heavy atom. The van der Waals surface area contributed by atoms with Gasteiger partial charge in [-0.1, -0.05) is 130 Å². The second-order valence-corrected chi connectivity index (χ2v) is 18.9. The lowest BCUT2D eigenvalue weighted by Gasteiger charge is -2.33. The Bertz CT molecular complexity index is 1310. The quantitative estimate of drug-likeness (QED) is 0.251. The van der Waals surface area contributed by atoms with Crippen molar-refractivity contribution in [3.05, 3.63) is 108 Å². The van der Waals surface area contributed by atoms with Crippen molar-refractivity contribution in [1.82, 2.24) is 14.7 Å². The van der Waals surface area contributed by atoms with Crippen molar-refractivity contribution in [2.45, 2.75) is 138 Å². The number of alkyl halides is 2. The molecule has 0 unspecified atom stereocenters. The number of hydrogen-bond donors (Lipinski definition) is 1. The maximum Gasteiger partial charge on any atom is 0.0323 e. The van der Waals surface area contributed by atoms with Gasteiger partial charge in [-0.3, -0.25) is 14.7 Å². The Hall–Kier alpha value is -1.54. The molecule has 2 N–H and O–H groups in total. The zero-order chi connectivity index (χ0) is 35.5. The molecule has 3 aliphatic carbocycles. The maximum atomic E-state index is 6.28. The predicted molar refractivity (Wildman–Crippen MR) is 228 cm³/mol. The Labute approximate surface area is 333 Å². The summed E-state index contributed by atoms with van der Waals surface area (Å²) < 4.78 is 0. The van der Waals surface area contributed by atoms with Crippen LogP contribution in [-0.2, 0) is 0 Å². The van der Waals surface area contributed by atoms with Crippen LogP contribution in [0.5, 0.6) is 0 Å². The highest BCUT2D eigenvalue weighted by molar-refractivity contribution is 9.09. The van der Waals surface area contributed by atoms with E-state index in [-0.39, 0.29) is 7.43 Å². The fourth-order valence-electron chi connectivity index (χ4n) is 11.1. The molecule has 0 bridgehead atoms. The largest absolute Gasteiger partial charge is 0.326 e. The van der Waals surface area contributed by atoms with Crippen LogP contribution in [0.3, 0.4) is 0 Å². The van der Waals surface area contributed by atoms with Crippen molar-refractivity contribution < 1.29 is 0 Å². The lowest BCUT2D eigenvalue weighted by atomic mass is 10.0. The standard InChI is InChI=1S/2C15H20BrN.C15H22N2.CH4/c3*1-11(12-5-3-2-4-6-12)17-10-9-13-7-8-14(16)15(13)17;/h2*2-6,11,13-15H,7-10H2,1H3;2-6,11,13-15H,7-10,16H2,1H3;1H4/t11-,13+,14-,15-;2*11-,13-,14+,15+;/m111./s1. The fraction of sp³-hybridized carbons (Fsp3) is 0.609. The molecule has 6 fully saturated rings. The summed E-state index contributed by atoms with van der Waals surface area (Å²) in [7, 11) is 0. The lowest BCUT2D eigenvalue weighted by molar-refractivity contribution is 0.170. The minimum Gasteiger partial charge on any atom is -0.326 e. The Morgan fingerprint density at radius 2 is 0.769 bits per heavy atom. The second-order valence-electron chi connectivity index (χ2n) is 16.5. The van der Waals surface area contributed by atoms with Crippen LogP contribution in [0.4, 0.5) is 0 Å². The molecule has 3 aliphatic heterocycles. The maximum absolute atomic E-state index is 6.28. The summed E-state index contributed by atoms with van der Waals surface area (Å²) in [5.41, 5.74) is 10.6. The first kappa shape index (κ1) is 40.1. The zero-order valence-electron chi connectivity index (χ0n) is 31.2. The van der Waals surface area contributed by atoms with Gasteiger partial charge in [-0.25, -0.2) is 0 Å². The van der Waals surface area contributed by atoms with Gasteiger partial charge in [0.15, 0.2) is 0 Å². The Morgan fingerprint density at radius 3 is 1.13 bits per heavy atom. The summed E-state index contributed by atoms with van der Waals surface area (Å²) in [4.78, 5) is 9.48. The van der Waals surface area contributed by atoms with Crippen LogP contribution in [-0.4, -0.2) is 68.2 Å². The molecule has 0 radical (unpaired) electrons. The molecule has 3 aromatic rings. The fourth-order valence-corrected chi connectivity index (χ4v) is 13.1. The van der Waals surface area contributed by atoms with Crippen LogP contribution >= 0.6 is 31.9 Å². The van der Waals surface area contributed by atoms with E-state index in [1.54, 1.807) is 0 Å². The molecule has 52 heavy (non-hydrogen) atoms. The normalized spacial score (nSPS) is 34.2. The van der Waals surface area contributed by atoms with E-state index in [0.29, 0.717) is 39.9 Å². The number of halogens is 2. The molecular weight excluding hydrogens is 768 g/mol. The van der Waals surface area contributed by atoms with Gasteiger partial charge in [0.1, 0.15) is 0 Å². The molecule has 3 heterocycles. The highest BCUT2D eigenvalue weighted by Gasteiger charge is 2.46. The first-order chi connectivity index (χ1) is 24.8. The smallest absolute Gasteiger partial charge is 0.0323 e. The molecule has 9 rings (SSSR count). The van der Waals surface area contributed by atoms with E-state index in [9.17, 15) is 0 Å². The van der Waals surface area contributed by atoms with Gasteiger partial charge in [0.05, 0.1) is 0 Å². The minimum absolute atomic E-state index is 0. The number of likely N-dealkylation sites (tertiary alicyclic amines) is 3.